The van der Waals surface area contributed by atoms with Gasteiger partial charge in [-0.1, -0.05) is 45.0 Å². The Bertz CT molecular complexity index is 522. The largest absolute Gasteiger partial charge is 0.387 e. The number of hydrogen-bond donors (Lipinski definition) is 3. The second-order valence-electron chi connectivity index (χ2n) is 6.99. The molecule has 0 bridgehead atoms. The van der Waals surface area contributed by atoms with Crippen LogP contribution in [0.3, 0.4) is 0 Å². The summed E-state index contributed by atoms with van der Waals surface area (Å²) in [4.78, 5) is 11.9. The molecule has 0 saturated carbocycles. The Hall–Kier alpha value is -1.17. The van der Waals surface area contributed by atoms with Crippen molar-refractivity contribution in [1.82, 2.24) is 10.6 Å². The fraction of sp³-hybridized carbons (Fsp3) is 0.588. The van der Waals surface area contributed by atoms with Crippen LogP contribution in [0.5, 0.6) is 0 Å². The van der Waals surface area contributed by atoms with Gasteiger partial charge in [-0.3, -0.25) is 4.79 Å². The summed E-state index contributed by atoms with van der Waals surface area (Å²) in [5.41, 5.74) is 0.0850. The topological polar surface area (TPSA) is 61.4 Å². The smallest absolute Gasteiger partial charge is 0.259 e. The van der Waals surface area contributed by atoms with E-state index in [1.807, 2.05) is 24.3 Å². The first kappa shape index (κ1) is 19.9. The van der Waals surface area contributed by atoms with Crippen LogP contribution >= 0.6 is 12.4 Å². The van der Waals surface area contributed by atoms with Gasteiger partial charge < -0.3 is 15.7 Å². The van der Waals surface area contributed by atoms with Gasteiger partial charge >= 0.3 is 0 Å². The highest BCUT2D eigenvalue weighted by Gasteiger charge is 2.41. The Balaban J connectivity index is 0.00000264. The van der Waals surface area contributed by atoms with E-state index >= 15 is 0 Å². The molecule has 0 aliphatic carbocycles. The van der Waals surface area contributed by atoms with Crippen LogP contribution in [0, 0.1) is 0 Å². The summed E-state index contributed by atoms with van der Waals surface area (Å²) in [5, 5.41) is 15.5. The van der Waals surface area contributed by atoms with Gasteiger partial charge in [-0.2, -0.15) is 0 Å². The van der Waals surface area contributed by atoms with Gasteiger partial charge in [0.25, 0.3) is 5.91 Å². The first-order valence-corrected chi connectivity index (χ1v) is 7.69. The average molecular weight is 345 g/mol. The Morgan fingerprint density at radius 3 is 2.48 bits per heavy atom. The summed E-state index contributed by atoms with van der Waals surface area (Å²) in [6.45, 7) is 6.91. The van der Waals surface area contributed by atoms with Gasteiger partial charge in [0, 0.05) is 19.5 Å². The molecule has 1 aliphatic heterocycles. The minimum absolute atomic E-state index is 0. The van der Waals surface area contributed by atoms with Crippen LogP contribution in [-0.2, 0) is 10.2 Å². The maximum absolute atomic E-state index is 14.2. The maximum atomic E-state index is 14.2. The molecule has 0 spiro atoms. The van der Waals surface area contributed by atoms with E-state index in [-0.39, 0.29) is 37.3 Å². The van der Waals surface area contributed by atoms with Crippen LogP contribution in [0.25, 0.3) is 0 Å². The molecule has 1 amide bonds. The summed E-state index contributed by atoms with van der Waals surface area (Å²) in [6.07, 6.45) is -0.661. The Labute approximate surface area is 143 Å². The van der Waals surface area contributed by atoms with E-state index < -0.39 is 17.7 Å². The molecule has 0 radical (unpaired) electrons. The molecule has 130 valence electrons. The summed E-state index contributed by atoms with van der Waals surface area (Å²) in [7, 11) is 0. The SMILES string of the molecule is CC(C)(C)c1ccc(C(O)CNC(=O)C2(F)CCNC2)cc1.Cl. The molecule has 1 heterocycles. The van der Waals surface area contributed by atoms with Crippen molar-refractivity contribution in [2.24, 2.45) is 0 Å². The van der Waals surface area contributed by atoms with Crippen LogP contribution in [0.15, 0.2) is 24.3 Å². The van der Waals surface area contributed by atoms with E-state index in [0.717, 1.165) is 0 Å². The van der Waals surface area contributed by atoms with Crippen molar-refractivity contribution >= 4 is 18.3 Å². The fourth-order valence-corrected chi connectivity index (χ4v) is 2.53. The van der Waals surface area contributed by atoms with Crippen molar-refractivity contribution in [3.8, 4) is 0 Å². The van der Waals surface area contributed by atoms with Gasteiger partial charge in [0.15, 0.2) is 0 Å². The van der Waals surface area contributed by atoms with Gasteiger partial charge in [-0.15, -0.1) is 12.4 Å². The number of benzene rings is 1. The second kappa shape index (κ2) is 7.60. The van der Waals surface area contributed by atoms with Gasteiger partial charge in [0.2, 0.25) is 5.67 Å². The third-order valence-corrected chi connectivity index (χ3v) is 4.13. The Morgan fingerprint density at radius 2 is 2.00 bits per heavy atom. The number of rotatable bonds is 4. The summed E-state index contributed by atoms with van der Waals surface area (Å²) in [6, 6.07) is 7.63. The van der Waals surface area contributed by atoms with E-state index in [9.17, 15) is 14.3 Å². The van der Waals surface area contributed by atoms with Crippen molar-refractivity contribution in [3.63, 3.8) is 0 Å². The third-order valence-electron chi connectivity index (χ3n) is 4.13. The number of amides is 1. The van der Waals surface area contributed by atoms with E-state index in [1.54, 1.807) is 0 Å². The van der Waals surface area contributed by atoms with Crippen LogP contribution < -0.4 is 10.6 Å². The minimum Gasteiger partial charge on any atom is -0.387 e. The number of carbonyl (C=O) groups is 1. The van der Waals surface area contributed by atoms with Crippen LogP contribution in [-0.4, -0.2) is 36.3 Å². The van der Waals surface area contributed by atoms with Crippen molar-refractivity contribution in [1.29, 1.82) is 0 Å². The molecule has 0 aromatic heterocycles. The first-order chi connectivity index (χ1) is 10.2. The molecule has 1 aromatic carbocycles. The predicted molar refractivity (Wildman–Crippen MR) is 91.7 cm³/mol. The minimum atomic E-state index is -1.85. The van der Waals surface area contributed by atoms with Gasteiger partial charge in [0.1, 0.15) is 0 Å². The summed E-state index contributed by atoms with van der Waals surface area (Å²) in [5.74, 6) is -0.650. The number of hydrogen-bond acceptors (Lipinski definition) is 3. The van der Waals surface area contributed by atoms with Crippen molar-refractivity contribution in [2.75, 3.05) is 19.6 Å². The zero-order chi connectivity index (χ0) is 16.4. The molecular formula is C17H26ClFN2O2. The lowest BCUT2D eigenvalue weighted by molar-refractivity contribution is -0.132. The van der Waals surface area contributed by atoms with Crippen LogP contribution in [0.4, 0.5) is 4.39 Å². The predicted octanol–water partition coefficient (Wildman–Crippen LogP) is 2.26. The van der Waals surface area contributed by atoms with E-state index in [0.29, 0.717) is 12.1 Å². The standard InChI is InChI=1S/C17H25FN2O2.ClH/c1-16(2,3)13-6-4-12(5-7-13)14(21)10-20-15(22)17(18)8-9-19-11-17;/h4-7,14,19,21H,8-11H2,1-3H3,(H,20,22);1H. The fourth-order valence-electron chi connectivity index (χ4n) is 2.53. The lowest BCUT2D eigenvalue weighted by atomic mass is 9.86. The Kier molecular flexibility index (Phi) is 6.57. The highest BCUT2D eigenvalue weighted by Crippen LogP contribution is 2.24. The molecule has 4 nitrogen and oxygen atoms in total. The van der Waals surface area contributed by atoms with Crippen molar-refractivity contribution in [2.45, 2.75) is 44.4 Å². The molecule has 2 unspecified atom stereocenters. The molecule has 23 heavy (non-hydrogen) atoms. The molecule has 2 atom stereocenters. The third kappa shape index (κ3) is 4.90. The molecule has 3 N–H and O–H groups in total. The number of carbonyl (C=O) groups excluding carboxylic acids is 1. The average Bonchev–Trinajstić information content (AvgIpc) is 2.91. The quantitative estimate of drug-likeness (QED) is 0.785. The van der Waals surface area contributed by atoms with Crippen molar-refractivity contribution in [3.05, 3.63) is 35.4 Å². The molecule has 2 rings (SSSR count). The molecule has 1 fully saturated rings. The van der Waals surface area contributed by atoms with E-state index in [2.05, 4.69) is 31.4 Å². The number of nitrogens with one attached hydrogen (secondary N) is 2. The highest BCUT2D eigenvalue weighted by molar-refractivity contribution is 5.86. The van der Waals surface area contributed by atoms with Gasteiger partial charge in [0.05, 0.1) is 6.10 Å². The highest BCUT2D eigenvalue weighted by atomic mass is 35.5. The first-order valence-electron chi connectivity index (χ1n) is 7.69. The van der Waals surface area contributed by atoms with Crippen LogP contribution in [0.1, 0.15) is 44.4 Å². The number of aliphatic hydroxyl groups is 1. The Morgan fingerprint density at radius 1 is 1.39 bits per heavy atom. The lowest BCUT2D eigenvalue weighted by Gasteiger charge is -2.21. The zero-order valence-corrected chi connectivity index (χ0v) is 14.7. The van der Waals surface area contributed by atoms with E-state index in [4.69, 9.17) is 0 Å². The number of aliphatic hydroxyl groups excluding tert-OH is 1. The number of alkyl halides is 1. The lowest BCUT2D eigenvalue weighted by Crippen LogP contribution is -2.46. The normalized spacial score (nSPS) is 22.3. The van der Waals surface area contributed by atoms with Gasteiger partial charge in [-0.05, 0) is 23.1 Å². The maximum Gasteiger partial charge on any atom is 0.259 e. The van der Waals surface area contributed by atoms with E-state index in [1.165, 1.54) is 5.56 Å². The summed E-state index contributed by atoms with van der Waals surface area (Å²) >= 11 is 0. The molecule has 1 saturated heterocycles. The zero-order valence-electron chi connectivity index (χ0n) is 13.9. The van der Waals surface area contributed by atoms with Gasteiger partial charge in [-0.25, -0.2) is 4.39 Å². The second-order valence-corrected chi connectivity index (χ2v) is 6.99. The van der Waals surface area contributed by atoms with Crippen molar-refractivity contribution < 1.29 is 14.3 Å². The molecule has 1 aliphatic rings. The molecule has 6 heteroatoms. The molecular weight excluding hydrogens is 319 g/mol. The number of halogens is 2. The summed E-state index contributed by atoms with van der Waals surface area (Å²) < 4.78 is 14.2. The van der Waals surface area contributed by atoms with Crippen LogP contribution in [0.2, 0.25) is 0 Å². The monoisotopic (exact) mass is 344 g/mol. The molecule has 1 aromatic rings.